The molecule has 3 heterocycles. The number of nitrogens with zero attached hydrogens (tertiary/aromatic N) is 5. The lowest BCUT2D eigenvalue weighted by atomic mass is 9.90. The SMILES string of the molecule is CC(C)N1CCN(c2ccc(OC[C@H]3CC[C@](Cn4cncn4)(c4ccc(Cl)cc4Cl)O3)cc2)CC1. The van der Waals surface area contributed by atoms with Crippen molar-refractivity contribution in [3.8, 4) is 5.75 Å². The largest absolute Gasteiger partial charge is 0.491 e. The van der Waals surface area contributed by atoms with Gasteiger partial charge in [-0.1, -0.05) is 29.3 Å². The second-order valence-electron chi connectivity index (χ2n) is 9.91. The second-order valence-corrected chi connectivity index (χ2v) is 10.8. The summed E-state index contributed by atoms with van der Waals surface area (Å²) in [5.74, 6) is 0.849. The summed E-state index contributed by atoms with van der Waals surface area (Å²) in [5.41, 5.74) is 1.53. The van der Waals surface area contributed by atoms with Gasteiger partial charge in [0.2, 0.25) is 0 Å². The number of aromatic nitrogens is 3. The first-order valence-corrected chi connectivity index (χ1v) is 13.3. The van der Waals surface area contributed by atoms with E-state index in [9.17, 15) is 0 Å². The maximum atomic E-state index is 6.65. The highest BCUT2D eigenvalue weighted by atomic mass is 35.5. The lowest BCUT2D eigenvalue weighted by Crippen LogP contribution is -2.48. The third kappa shape index (κ3) is 5.65. The number of benzene rings is 2. The molecule has 0 amide bonds. The van der Waals surface area contributed by atoms with Gasteiger partial charge in [0.05, 0.1) is 12.6 Å². The van der Waals surface area contributed by atoms with E-state index in [2.05, 4.69) is 58.0 Å². The lowest BCUT2D eigenvalue weighted by molar-refractivity contribution is -0.0715. The Morgan fingerprint density at radius 2 is 1.86 bits per heavy atom. The highest BCUT2D eigenvalue weighted by Crippen LogP contribution is 2.44. The van der Waals surface area contributed by atoms with Gasteiger partial charge in [0.15, 0.2) is 0 Å². The molecule has 3 aromatic rings. The Hall–Kier alpha value is -2.32. The van der Waals surface area contributed by atoms with E-state index in [-0.39, 0.29) is 6.10 Å². The average molecular weight is 530 g/mol. The molecule has 9 heteroatoms. The summed E-state index contributed by atoms with van der Waals surface area (Å²) in [4.78, 5) is 9.05. The minimum Gasteiger partial charge on any atom is -0.491 e. The van der Waals surface area contributed by atoms with Crippen LogP contribution in [0.25, 0.3) is 0 Å². The molecular formula is C27H33Cl2N5O2. The van der Waals surface area contributed by atoms with Crippen molar-refractivity contribution in [2.45, 2.75) is 51.0 Å². The van der Waals surface area contributed by atoms with E-state index in [0.29, 0.717) is 29.2 Å². The minimum atomic E-state index is -0.620. The molecule has 0 radical (unpaired) electrons. The van der Waals surface area contributed by atoms with Crippen LogP contribution < -0.4 is 9.64 Å². The minimum absolute atomic E-state index is 0.0657. The Bertz CT molecular complexity index is 1130. The monoisotopic (exact) mass is 529 g/mol. The topological polar surface area (TPSA) is 55.7 Å². The first-order valence-electron chi connectivity index (χ1n) is 12.6. The smallest absolute Gasteiger partial charge is 0.137 e. The predicted molar refractivity (Wildman–Crippen MR) is 143 cm³/mol. The molecule has 192 valence electrons. The van der Waals surface area contributed by atoms with Crippen molar-refractivity contribution in [2.75, 3.05) is 37.7 Å². The Morgan fingerprint density at radius 1 is 1.08 bits per heavy atom. The van der Waals surface area contributed by atoms with Gasteiger partial charge < -0.3 is 14.4 Å². The van der Waals surface area contributed by atoms with Gasteiger partial charge in [-0.2, -0.15) is 5.10 Å². The zero-order chi connectivity index (χ0) is 25.1. The van der Waals surface area contributed by atoms with Gasteiger partial charge >= 0.3 is 0 Å². The van der Waals surface area contributed by atoms with Gasteiger partial charge in [-0.15, -0.1) is 0 Å². The van der Waals surface area contributed by atoms with Gasteiger partial charge in [-0.05, 0) is 63.1 Å². The van der Waals surface area contributed by atoms with E-state index in [4.69, 9.17) is 32.7 Å². The standard InChI is InChI=1S/C27H33Cl2N5O2/c1-20(2)32-11-13-33(14-12-32)22-4-6-23(7-5-22)35-16-24-9-10-27(36-24,17-34-19-30-18-31-34)25-8-3-21(28)15-26(25)29/h3-8,15,18-20,24H,9-14,16-17H2,1-2H3/t24-,27+/m1/s1. The fourth-order valence-corrected chi connectivity index (χ4v) is 5.80. The van der Waals surface area contributed by atoms with Crippen molar-refractivity contribution in [1.29, 1.82) is 0 Å². The normalized spacial score (nSPS) is 22.9. The molecule has 2 atom stereocenters. The third-order valence-electron chi connectivity index (χ3n) is 7.25. The maximum absolute atomic E-state index is 6.65. The number of hydrogen-bond donors (Lipinski definition) is 0. The summed E-state index contributed by atoms with van der Waals surface area (Å²) in [6, 6.07) is 14.6. The van der Waals surface area contributed by atoms with Crippen LogP contribution in [0.1, 0.15) is 32.3 Å². The average Bonchev–Trinajstić information content (AvgIpc) is 3.54. The van der Waals surface area contributed by atoms with Crippen molar-refractivity contribution in [1.82, 2.24) is 19.7 Å². The van der Waals surface area contributed by atoms with E-state index in [0.717, 1.165) is 50.3 Å². The van der Waals surface area contributed by atoms with Crippen LogP contribution in [-0.2, 0) is 16.9 Å². The van der Waals surface area contributed by atoms with Crippen molar-refractivity contribution in [3.63, 3.8) is 0 Å². The first kappa shape index (κ1) is 25.3. The van der Waals surface area contributed by atoms with Gasteiger partial charge in [0.25, 0.3) is 0 Å². The number of ether oxygens (including phenoxy) is 2. The molecule has 2 aliphatic heterocycles. The van der Waals surface area contributed by atoms with Gasteiger partial charge in [-0.25, -0.2) is 9.67 Å². The van der Waals surface area contributed by atoms with Crippen molar-refractivity contribution < 1.29 is 9.47 Å². The van der Waals surface area contributed by atoms with Crippen LogP contribution in [-0.4, -0.2) is 64.6 Å². The summed E-state index contributed by atoms with van der Waals surface area (Å²) in [6.07, 6.45) is 4.81. The Morgan fingerprint density at radius 3 is 2.53 bits per heavy atom. The molecule has 0 unspecified atom stereocenters. The number of hydrogen-bond acceptors (Lipinski definition) is 6. The molecule has 1 aromatic heterocycles. The molecule has 7 nitrogen and oxygen atoms in total. The number of halogens is 2. The molecule has 2 saturated heterocycles. The highest BCUT2D eigenvalue weighted by molar-refractivity contribution is 6.35. The molecule has 0 spiro atoms. The van der Waals surface area contributed by atoms with Gasteiger partial charge in [-0.3, -0.25) is 4.90 Å². The van der Waals surface area contributed by atoms with Crippen LogP contribution >= 0.6 is 23.2 Å². The Labute approximate surface area is 222 Å². The van der Waals surface area contributed by atoms with Crippen LogP contribution in [0.3, 0.4) is 0 Å². The molecule has 2 fully saturated rings. The highest BCUT2D eigenvalue weighted by Gasteiger charge is 2.44. The second kappa shape index (κ2) is 11.0. The summed E-state index contributed by atoms with van der Waals surface area (Å²) < 4.78 is 14.6. The zero-order valence-electron chi connectivity index (χ0n) is 20.8. The molecule has 5 rings (SSSR count). The van der Waals surface area contributed by atoms with E-state index in [1.54, 1.807) is 17.1 Å². The van der Waals surface area contributed by atoms with E-state index in [1.165, 1.54) is 12.0 Å². The third-order valence-corrected chi connectivity index (χ3v) is 7.80. The molecule has 36 heavy (non-hydrogen) atoms. The molecule has 0 saturated carbocycles. The van der Waals surface area contributed by atoms with E-state index >= 15 is 0 Å². The van der Waals surface area contributed by atoms with Crippen molar-refractivity contribution in [3.05, 3.63) is 70.7 Å². The van der Waals surface area contributed by atoms with Crippen LogP contribution in [0, 0.1) is 0 Å². The molecule has 2 aliphatic rings. The summed E-state index contributed by atoms with van der Waals surface area (Å²) in [5, 5.41) is 5.49. The van der Waals surface area contributed by atoms with Crippen LogP contribution in [0.5, 0.6) is 5.75 Å². The molecule has 0 aliphatic carbocycles. The van der Waals surface area contributed by atoms with Gasteiger partial charge in [0, 0.05) is 53.5 Å². The summed E-state index contributed by atoms with van der Waals surface area (Å²) in [6.45, 7) is 9.81. The summed E-state index contributed by atoms with van der Waals surface area (Å²) in [7, 11) is 0. The number of rotatable bonds is 8. The van der Waals surface area contributed by atoms with Crippen LogP contribution in [0.15, 0.2) is 55.1 Å². The fraction of sp³-hybridized carbons (Fsp3) is 0.481. The Kier molecular flexibility index (Phi) is 7.72. The quantitative estimate of drug-likeness (QED) is 0.396. The zero-order valence-corrected chi connectivity index (χ0v) is 22.3. The Balaban J connectivity index is 1.21. The summed E-state index contributed by atoms with van der Waals surface area (Å²) >= 11 is 12.8. The predicted octanol–water partition coefficient (Wildman–Crippen LogP) is 5.27. The number of anilines is 1. The van der Waals surface area contributed by atoms with Crippen LogP contribution in [0.2, 0.25) is 10.0 Å². The molecule has 0 N–H and O–H groups in total. The van der Waals surface area contributed by atoms with Crippen molar-refractivity contribution in [2.24, 2.45) is 0 Å². The molecule has 2 aromatic carbocycles. The van der Waals surface area contributed by atoms with Crippen molar-refractivity contribution >= 4 is 28.9 Å². The maximum Gasteiger partial charge on any atom is 0.137 e. The molecular weight excluding hydrogens is 497 g/mol. The fourth-order valence-electron chi connectivity index (χ4n) is 5.22. The first-order chi connectivity index (χ1) is 17.4. The van der Waals surface area contributed by atoms with E-state index < -0.39 is 5.60 Å². The van der Waals surface area contributed by atoms with E-state index in [1.807, 2.05) is 12.1 Å². The van der Waals surface area contributed by atoms with Crippen LogP contribution in [0.4, 0.5) is 5.69 Å². The number of piperazine rings is 1. The molecule has 0 bridgehead atoms. The lowest BCUT2D eigenvalue weighted by Gasteiger charge is -2.38. The van der Waals surface area contributed by atoms with Gasteiger partial charge in [0.1, 0.15) is 30.6 Å².